The first-order valence-electron chi connectivity index (χ1n) is 10.7. The third-order valence-electron chi connectivity index (χ3n) is 5.12. The number of benzene rings is 2. The lowest BCUT2D eigenvalue weighted by Crippen LogP contribution is -2.52. The molecule has 2 N–H and O–H groups in total. The van der Waals surface area contributed by atoms with Crippen molar-refractivity contribution in [3.63, 3.8) is 0 Å². The smallest absolute Gasteiger partial charge is 0.471 e. The Labute approximate surface area is 200 Å². The van der Waals surface area contributed by atoms with E-state index in [0.29, 0.717) is 36.7 Å². The Morgan fingerprint density at radius 1 is 1.00 bits per heavy atom. The topological polar surface area (TPSA) is 73.9 Å². The van der Waals surface area contributed by atoms with E-state index in [9.17, 15) is 22.8 Å². The summed E-state index contributed by atoms with van der Waals surface area (Å²) < 4.78 is 43.2. The van der Waals surface area contributed by atoms with Gasteiger partial charge in [0.1, 0.15) is 5.75 Å². The maximum atomic E-state index is 12.6. The minimum Gasteiger partial charge on any atom is -0.494 e. The zero-order chi connectivity index (χ0) is 24.7. The molecular formula is C23H25F3N4O3S. The molecule has 0 unspecified atom stereocenters. The van der Waals surface area contributed by atoms with E-state index in [1.54, 1.807) is 48.5 Å². The number of anilines is 2. The van der Waals surface area contributed by atoms with Crippen molar-refractivity contribution in [3.05, 3.63) is 54.1 Å². The first kappa shape index (κ1) is 25.3. The number of hydrogen-bond acceptors (Lipinski definition) is 5. The fourth-order valence-electron chi connectivity index (χ4n) is 3.36. The molecule has 0 atom stereocenters. The third-order valence-corrected chi connectivity index (χ3v) is 5.32. The monoisotopic (exact) mass is 494 g/mol. The number of hydrogen-bond donors (Lipinski definition) is 2. The van der Waals surface area contributed by atoms with Crippen molar-refractivity contribution in [1.82, 2.24) is 10.2 Å². The quantitative estimate of drug-likeness (QED) is 0.595. The van der Waals surface area contributed by atoms with E-state index in [0.717, 1.165) is 17.0 Å². The van der Waals surface area contributed by atoms with Gasteiger partial charge in [-0.2, -0.15) is 13.2 Å². The van der Waals surface area contributed by atoms with Gasteiger partial charge in [-0.15, -0.1) is 0 Å². The highest BCUT2D eigenvalue weighted by Gasteiger charge is 2.43. The van der Waals surface area contributed by atoms with Crippen LogP contribution >= 0.6 is 12.2 Å². The van der Waals surface area contributed by atoms with Crippen LogP contribution in [0, 0.1) is 0 Å². The van der Waals surface area contributed by atoms with Gasteiger partial charge in [-0.05, 0) is 67.2 Å². The first-order chi connectivity index (χ1) is 16.2. The van der Waals surface area contributed by atoms with Crippen LogP contribution in [0.1, 0.15) is 23.7 Å². The van der Waals surface area contributed by atoms with Gasteiger partial charge in [0, 0.05) is 43.1 Å². The van der Waals surface area contributed by atoms with Gasteiger partial charge in [-0.3, -0.25) is 14.9 Å². The summed E-state index contributed by atoms with van der Waals surface area (Å²) in [6.45, 7) is 3.21. The van der Waals surface area contributed by atoms with Crippen LogP contribution in [0.4, 0.5) is 24.5 Å². The Bertz CT molecular complexity index is 1010. The largest absolute Gasteiger partial charge is 0.494 e. The van der Waals surface area contributed by atoms with Crippen LogP contribution in [-0.2, 0) is 4.79 Å². The minimum atomic E-state index is -4.85. The van der Waals surface area contributed by atoms with Gasteiger partial charge in [0.15, 0.2) is 5.11 Å². The summed E-state index contributed by atoms with van der Waals surface area (Å²) in [4.78, 5) is 26.5. The van der Waals surface area contributed by atoms with E-state index in [1.807, 2.05) is 11.8 Å². The van der Waals surface area contributed by atoms with Gasteiger partial charge in [0.25, 0.3) is 5.91 Å². The summed E-state index contributed by atoms with van der Waals surface area (Å²) >= 11 is 5.21. The number of ether oxygens (including phenoxy) is 1. The van der Waals surface area contributed by atoms with Crippen LogP contribution < -0.4 is 20.3 Å². The van der Waals surface area contributed by atoms with E-state index in [1.165, 1.54) is 0 Å². The maximum absolute atomic E-state index is 12.6. The first-order valence-corrected chi connectivity index (χ1v) is 11.1. The number of alkyl halides is 3. The predicted octanol–water partition coefficient (Wildman–Crippen LogP) is 3.81. The molecule has 0 bridgehead atoms. The van der Waals surface area contributed by atoms with Crippen LogP contribution in [-0.4, -0.2) is 60.8 Å². The highest BCUT2D eigenvalue weighted by molar-refractivity contribution is 7.80. The van der Waals surface area contributed by atoms with Gasteiger partial charge in [-0.1, -0.05) is 6.92 Å². The second-order valence-corrected chi connectivity index (χ2v) is 8.01. The van der Waals surface area contributed by atoms with Crippen molar-refractivity contribution in [3.8, 4) is 5.75 Å². The molecule has 0 spiro atoms. The van der Waals surface area contributed by atoms with Crippen LogP contribution in [0.25, 0.3) is 0 Å². The molecular weight excluding hydrogens is 469 g/mol. The molecule has 34 heavy (non-hydrogen) atoms. The van der Waals surface area contributed by atoms with Crippen LogP contribution in [0.3, 0.4) is 0 Å². The highest BCUT2D eigenvalue weighted by atomic mass is 32.1. The fraction of sp³-hybridized carbons (Fsp3) is 0.348. The highest BCUT2D eigenvalue weighted by Crippen LogP contribution is 2.23. The normalized spacial score (nSPS) is 13.9. The molecule has 182 valence electrons. The zero-order valence-electron chi connectivity index (χ0n) is 18.5. The molecule has 1 aliphatic heterocycles. The molecule has 1 heterocycles. The summed E-state index contributed by atoms with van der Waals surface area (Å²) in [6.07, 6.45) is -3.96. The number of piperazine rings is 1. The number of halogens is 3. The average molecular weight is 495 g/mol. The SMILES string of the molecule is CCCOc1ccc(C(=O)NC(=S)Nc2ccc(N3CCN(C(=O)C(F)(F)F)CC3)cc2)cc1. The molecule has 2 amide bonds. The van der Waals surface area contributed by atoms with Crippen molar-refractivity contribution in [2.24, 2.45) is 0 Å². The van der Waals surface area contributed by atoms with Crippen molar-refractivity contribution in [2.45, 2.75) is 19.5 Å². The summed E-state index contributed by atoms with van der Waals surface area (Å²) in [6, 6.07) is 13.8. The second-order valence-electron chi connectivity index (χ2n) is 7.60. The van der Waals surface area contributed by atoms with Crippen molar-refractivity contribution in [2.75, 3.05) is 43.0 Å². The van der Waals surface area contributed by atoms with Gasteiger partial charge in [0.05, 0.1) is 6.61 Å². The van der Waals surface area contributed by atoms with Gasteiger partial charge >= 0.3 is 12.1 Å². The number of rotatable bonds is 6. The molecule has 3 rings (SSSR count). The molecule has 0 radical (unpaired) electrons. The van der Waals surface area contributed by atoms with Crippen LogP contribution in [0.2, 0.25) is 0 Å². The summed E-state index contributed by atoms with van der Waals surface area (Å²) in [5, 5.41) is 5.67. The molecule has 0 aliphatic carbocycles. The lowest BCUT2D eigenvalue weighted by atomic mass is 10.2. The molecule has 1 fully saturated rings. The number of carbonyl (C=O) groups is 2. The Kier molecular flexibility index (Phi) is 8.32. The maximum Gasteiger partial charge on any atom is 0.471 e. The number of nitrogens with zero attached hydrogens (tertiary/aromatic N) is 2. The summed E-state index contributed by atoms with van der Waals surface area (Å²) in [5.41, 5.74) is 1.89. The van der Waals surface area contributed by atoms with Crippen molar-refractivity contribution in [1.29, 1.82) is 0 Å². The molecule has 0 saturated carbocycles. The number of nitrogens with one attached hydrogen (secondary N) is 2. The standard InChI is InChI=1S/C23H25F3N4O3S/c1-2-15-33-19-9-3-16(4-10-19)20(31)28-22(34)27-17-5-7-18(8-6-17)29-11-13-30(14-12-29)21(32)23(24,25)26/h3-10H,2,11-15H2,1H3,(H2,27,28,31,34). The Morgan fingerprint density at radius 3 is 2.18 bits per heavy atom. The van der Waals surface area contributed by atoms with Gasteiger partial charge < -0.3 is 19.9 Å². The van der Waals surface area contributed by atoms with Crippen LogP contribution in [0.5, 0.6) is 5.75 Å². The van der Waals surface area contributed by atoms with Crippen molar-refractivity contribution >= 4 is 40.5 Å². The molecule has 1 aliphatic rings. The third kappa shape index (κ3) is 6.83. The molecule has 7 nitrogen and oxygen atoms in total. The molecule has 2 aromatic carbocycles. The number of amides is 2. The Balaban J connectivity index is 1.48. The van der Waals surface area contributed by atoms with E-state index in [-0.39, 0.29) is 24.1 Å². The van der Waals surface area contributed by atoms with E-state index in [2.05, 4.69) is 10.6 Å². The Hall–Kier alpha value is -3.34. The summed E-state index contributed by atoms with van der Waals surface area (Å²) in [7, 11) is 0. The number of carbonyl (C=O) groups excluding carboxylic acids is 2. The second kappa shape index (κ2) is 11.2. The molecule has 1 saturated heterocycles. The molecule has 0 aromatic heterocycles. The molecule has 2 aromatic rings. The zero-order valence-corrected chi connectivity index (χ0v) is 19.3. The lowest BCUT2D eigenvalue weighted by molar-refractivity contribution is -0.185. The van der Waals surface area contributed by atoms with Crippen LogP contribution in [0.15, 0.2) is 48.5 Å². The van der Waals surface area contributed by atoms with E-state index >= 15 is 0 Å². The average Bonchev–Trinajstić information content (AvgIpc) is 2.82. The van der Waals surface area contributed by atoms with Crippen molar-refractivity contribution < 1.29 is 27.5 Å². The van der Waals surface area contributed by atoms with Gasteiger partial charge in [0.2, 0.25) is 0 Å². The Morgan fingerprint density at radius 2 is 1.62 bits per heavy atom. The lowest BCUT2D eigenvalue weighted by Gasteiger charge is -2.36. The molecule has 11 heteroatoms. The predicted molar refractivity (Wildman–Crippen MR) is 127 cm³/mol. The van der Waals surface area contributed by atoms with Gasteiger partial charge in [-0.25, -0.2) is 0 Å². The number of thiocarbonyl (C=S) groups is 1. The summed E-state index contributed by atoms with van der Waals surface area (Å²) in [5.74, 6) is -1.47. The minimum absolute atomic E-state index is 0.000169. The van der Waals surface area contributed by atoms with E-state index in [4.69, 9.17) is 17.0 Å². The van der Waals surface area contributed by atoms with E-state index < -0.39 is 12.1 Å². The fourth-order valence-corrected chi connectivity index (χ4v) is 3.57.